The summed E-state index contributed by atoms with van der Waals surface area (Å²) in [4.78, 5) is 9.36. The molecule has 2 aliphatic heterocycles. The first-order chi connectivity index (χ1) is 15.2. The Labute approximate surface area is 182 Å². The van der Waals surface area contributed by atoms with E-state index in [2.05, 4.69) is 58.4 Å². The maximum Gasteiger partial charge on any atom is 0.246 e. The van der Waals surface area contributed by atoms with Crippen LogP contribution in [0.2, 0.25) is 0 Å². The fourth-order valence-corrected chi connectivity index (χ4v) is 4.34. The van der Waals surface area contributed by atoms with E-state index in [1.807, 2.05) is 18.2 Å². The molecule has 1 unspecified atom stereocenters. The summed E-state index contributed by atoms with van der Waals surface area (Å²) in [5.41, 5.74) is 4.36. The average Bonchev–Trinajstić information content (AvgIpc) is 3.27. The first kappa shape index (κ1) is 19.8. The molecule has 2 aromatic carbocycles. The minimum Gasteiger partial charge on any atom is -0.454 e. The van der Waals surface area contributed by atoms with Crippen LogP contribution in [0.3, 0.4) is 0 Å². The number of hydrogen-bond acceptors (Lipinski definition) is 7. The van der Waals surface area contributed by atoms with Crippen LogP contribution in [0.15, 0.2) is 48.7 Å². The molecule has 0 bridgehead atoms. The molecular weight excluding hydrogens is 390 g/mol. The number of aromatic nitrogens is 3. The minimum atomic E-state index is 0.259. The van der Waals surface area contributed by atoms with E-state index >= 15 is 0 Å². The lowest BCUT2D eigenvalue weighted by atomic mass is 9.95. The third kappa shape index (κ3) is 4.18. The molecule has 0 spiro atoms. The van der Waals surface area contributed by atoms with Crippen LogP contribution in [0.5, 0.6) is 11.5 Å². The molecule has 1 atom stereocenters. The number of rotatable bonds is 5. The zero-order valence-corrected chi connectivity index (χ0v) is 18.0. The van der Waals surface area contributed by atoms with Crippen molar-refractivity contribution in [2.24, 2.45) is 0 Å². The lowest BCUT2D eigenvalue weighted by Crippen LogP contribution is -2.35. The van der Waals surface area contributed by atoms with Crippen molar-refractivity contribution in [3.05, 3.63) is 59.8 Å². The molecule has 3 aromatic rings. The molecule has 3 heterocycles. The van der Waals surface area contributed by atoms with E-state index in [1.165, 1.54) is 17.5 Å². The minimum absolute atomic E-state index is 0.259. The smallest absolute Gasteiger partial charge is 0.246 e. The molecule has 1 aromatic heterocycles. The van der Waals surface area contributed by atoms with Gasteiger partial charge in [0, 0.05) is 18.7 Å². The average molecular weight is 418 g/mol. The van der Waals surface area contributed by atoms with Crippen LogP contribution < -0.4 is 14.4 Å². The summed E-state index contributed by atoms with van der Waals surface area (Å²) < 4.78 is 10.9. The number of benzene rings is 2. The quantitative estimate of drug-likeness (QED) is 0.620. The Hall–Kier alpha value is -3.19. The molecule has 0 radical (unpaired) electrons. The van der Waals surface area contributed by atoms with Gasteiger partial charge in [0.05, 0.1) is 17.9 Å². The Balaban J connectivity index is 1.42. The number of piperidine rings is 1. The van der Waals surface area contributed by atoms with E-state index < -0.39 is 0 Å². The lowest BCUT2D eigenvalue weighted by Gasteiger charge is -2.36. The van der Waals surface area contributed by atoms with E-state index in [0.29, 0.717) is 5.95 Å². The van der Waals surface area contributed by atoms with Gasteiger partial charge < -0.3 is 19.3 Å². The molecule has 7 heteroatoms. The first-order valence-electron chi connectivity index (χ1n) is 10.8. The highest BCUT2D eigenvalue weighted by atomic mass is 16.7. The monoisotopic (exact) mass is 417 g/mol. The Morgan fingerprint density at radius 3 is 2.71 bits per heavy atom. The Morgan fingerprint density at radius 1 is 1.03 bits per heavy atom. The van der Waals surface area contributed by atoms with E-state index in [0.717, 1.165) is 48.7 Å². The van der Waals surface area contributed by atoms with Crippen molar-refractivity contribution in [1.29, 1.82) is 0 Å². The third-order valence-corrected chi connectivity index (χ3v) is 5.84. The number of anilines is 1. The highest BCUT2D eigenvalue weighted by Gasteiger charge is 2.27. The molecule has 31 heavy (non-hydrogen) atoms. The molecule has 0 saturated carbocycles. The summed E-state index contributed by atoms with van der Waals surface area (Å²) in [6.07, 6.45) is 5.13. The number of nitrogens with zero attached hydrogens (tertiary/aromatic N) is 5. The van der Waals surface area contributed by atoms with Gasteiger partial charge in [-0.1, -0.05) is 24.3 Å². The fraction of sp³-hybridized carbons (Fsp3) is 0.375. The molecule has 7 nitrogen and oxygen atoms in total. The second-order valence-corrected chi connectivity index (χ2v) is 8.39. The summed E-state index contributed by atoms with van der Waals surface area (Å²) in [6.45, 7) is 2.13. The highest BCUT2D eigenvalue weighted by molar-refractivity contribution is 5.64. The molecule has 0 N–H and O–H groups in total. The van der Waals surface area contributed by atoms with E-state index in [9.17, 15) is 0 Å². The van der Waals surface area contributed by atoms with Gasteiger partial charge in [-0.15, -0.1) is 5.10 Å². The van der Waals surface area contributed by atoms with E-state index in [-0.39, 0.29) is 12.8 Å². The standard InChI is InChI=1S/C24H27N5O2/c1-28(2)15-17-6-8-18(9-7-17)21-5-3-4-12-29(21)24-26-20(14-25-27-24)19-10-11-22-23(13-19)31-16-30-22/h6-11,13-14,21H,3-5,12,15-16H2,1-2H3. The van der Waals surface area contributed by atoms with Crippen LogP contribution in [-0.4, -0.2) is 47.5 Å². The van der Waals surface area contributed by atoms with Crippen LogP contribution in [-0.2, 0) is 6.54 Å². The topological polar surface area (TPSA) is 63.6 Å². The van der Waals surface area contributed by atoms with Gasteiger partial charge in [0.2, 0.25) is 12.7 Å². The molecular formula is C24H27N5O2. The largest absolute Gasteiger partial charge is 0.454 e. The molecule has 0 aliphatic carbocycles. The first-order valence-corrected chi connectivity index (χ1v) is 10.8. The second-order valence-electron chi connectivity index (χ2n) is 8.39. The van der Waals surface area contributed by atoms with Crippen molar-refractivity contribution < 1.29 is 9.47 Å². The maximum atomic E-state index is 5.52. The van der Waals surface area contributed by atoms with Gasteiger partial charge in [0.1, 0.15) is 0 Å². The van der Waals surface area contributed by atoms with E-state index in [1.54, 1.807) is 6.20 Å². The highest BCUT2D eigenvalue weighted by Crippen LogP contribution is 2.37. The summed E-state index contributed by atoms with van der Waals surface area (Å²) in [7, 11) is 4.18. The summed E-state index contributed by atoms with van der Waals surface area (Å²) in [6, 6.07) is 15.1. The van der Waals surface area contributed by atoms with Gasteiger partial charge in [-0.25, -0.2) is 4.98 Å². The van der Waals surface area contributed by atoms with Crippen molar-refractivity contribution in [2.75, 3.05) is 32.3 Å². The number of hydrogen-bond donors (Lipinski definition) is 0. The second kappa shape index (κ2) is 8.51. The molecule has 1 fully saturated rings. The van der Waals surface area contributed by atoms with Crippen LogP contribution in [0.4, 0.5) is 5.95 Å². The Bertz CT molecular complexity index is 1050. The zero-order chi connectivity index (χ0) is 21.2. The predicted octanol–water partition coefficient (Wildman–Crippen LogP) is 4.06. The summed E-state index contributed by atoms with van der Waals surface area (Å²) in [5.74, 6) is 2.18. The van der Waals surface area contributed by atoms with Crippen molar-refractivity contribution in [3.8, 4) is 22.8 Å². The maximum absolute atomic E-state index is 5.52. The van der Waals surface area contributed by atoms with Gasteiger partial charge in [-0.3, -0.25) is 0 Å². The number of ether oxygens (including phenoxy) is 2. The van der Waals surface area contributed by atoms with Crippen molar-refractivity contribution in [3.63, 3.8) is 0 Å². The van der Waals surface area contributed by atoms with Gasteiger partial charge in [0.25, 0.3) is 0 Å². The van der Waals surface area contributed by atoms with Crippen LogP contribution in [0, 0.1) is 0 Å². The van der Waals surface area contributed by atoms with Crippen molar-refractivity contribution in [1.82, 2.24) is 20.1 Å². The normalized spacial score (nSPS) is 17.9. The van der Waals surface area contributed by atoms with E-state index in [4.69, 9.17) is 14.5 Å². The van der Waals surface area contributed by atoms with Gasteiger partial charge >= 0.3 is 0 Å². The molecule has 0 amide bonds. The van der Waals surface area contributed by atoms with Crippen molar-refractivity contribution in [2.45, 2.75) is 31.8 Å². The van der Waals surface area contributed by atoms with Gasteiger partial charge in [-0.2, -0.15) is 5.10 Å². The fourth-order valence-electron chi connectivity index (χ4n) is 4.34. The molecule has 1 saturated heterocycles. The van der Waals surface area contributed by atoms with Gasteiger partial charge in [-0.05, 0) is 62.7 Å². The zero-order valence-electron chi connectivity index (χ0n) is 18.0. The van der Waals surface area contributed by atoms with Gasteiger partial charge in [0.15, 0.2) is 11.5 Å². The van der Waals surface area contributed by atoms with Crippen molar-refractivity contribution >= 4 is 5.95 Å². The van der Waals surface area contributed by atoms with Crippen LogP contribution >= 0.6 is 0 Å². The summed E-state index contributed by atoms with van der Waals surface area (Å²) in [5, 5.41) is 8.67. The third-order valence-electron chi connectivity index (χ3n) is 5.84. The Morgan fingerprint density at radius 2 is 1.87 bits per heavy atom. The summed E-state index contributed by atoms with van der Waals surface area (Å²) >= 11 is 0. The Kier molecular flexibility index (Phi) is 5.42. The molecule has 5 rings (SSSR count). The number of fused-ring (bicyclic) bond motifs is 1. The lowest BCUT2D eigenvalue weighted by molar-refractivity contribution is 0.174. The molecule has 160 valence electrons. The molecule has 2 aliphatic rings. The SMILES string of the molecule is CN(C)Cc1ccc(C2CCCCN2c2nncc(-c3ccc4c(c3)OCO4)n2)cc1. The predicted molar refractivity (Wildman–Crippen MR) is 119 cm³/mol. The van der Waals surface area contributed by atoms with Crippen LogP contribution in [0.25, 0.3) is 11.3 Å². The van der Waals surface area contributed by atoms with Crippen LogP contribution in [0.1, 0.15) is 36.4 Å².